The SMILES string of the molecule is C[C@](O)(c1ccc(Br)cc1)[C@@](C)(O)c1ccc(Br)cc1. The molecular formula is C16H16Br2O2. The molecule has 0 bridgehead atoms. The summed E-state index contributed by atoms with van der Waals surface area (Å²) in [4.78, 5) is 0. The number of aliphatic hydroxyl groups is 2. The molecule has 0 aliphatic rings. The zero-order chi connectivity index (χ0) is 15.0. The van der Waals surface area contributed by atoms with Crippen LogP contribution in [-0.4, -0.2) is 10.2 Å². The molecule has 0 amide bonds. The summed E-state index contributed by atoms with van der Waals surface area (Å²) in [5.74, 6) is 0. The van der Waals surface area contributed by atoms with Gasteiger partial charge in [0, 0.05) is 8.95 Å². The van der Waals surface area contributed by atoms with E-state index in [2.05, 4.69) is 31.9 Å². The molecule has 0 saturated heterocycles. The van der Waals surface area contributed by atoms with Crippen LogP contribution in [0.4, 0.5) is 0 Å². The fourth-order valence-corrected chi connectivity index (χ4v) is 2.64. The molecule has 2 aromatic carbocycles. The third-order valence-electron chi connectivity index (χ3n) is 3.76. The lowest BCUT2D eigenvalue weighted by atomic mass is 9.76. The van der Waals surface area contributed by atoms with E-state index in [-0.39, 0.29) is 0 Å². The minimum absolute atomic E-state index is 0.661. The lowest BCUT2D eigenvalue weighted by molar-refractivity contribution is -0.143. The fraction of sp³-hybridized carbons (Fsp3) is 0.250. The number of hydrogen-bond acceptors (Lipinski definition) is 2. The highest BCUT2D eigenvalue weighted by Crippen LogP contribution is 2.40. The maximum Gasteiger partial charge on any atom is 0.119 e. The average molecular weight is 400 g/mol. The molecule has 20 heavy (non-hydrogen) atoms. The molecule has 2 aromatic rings. The molecule has 0 aromatic heterocycles. The van der Waals surface area contributed by atoms with Gasteiger partial charge < -0.3 is 10.2 Å². The highest BCUT2D eigenvalue weighted by Gasteiger charge is 2.44. The normalized spacial score (nSPS) is 17.3. The van der Waals surface area contributed by atoms with Crippen molar-refractivity contribution in [3.05, 3.63) is 68.6 Å². The largest absolute Gasteiger partial charge is 0.382 e. The van der Waals surface area contributed by atoms with Gasteiger partial charge in [-0.3, -0.25) is 0 Å². The minimum Gasteiger partial charge on any atom is -0.382 e. The summed E-state index contributed by atoms with van der Waals surface area (Å²) in [5.41, 5.74) is -1.48. The highest BCUT2D eigenvalue weighted by atomic mass is 79.9. The Bertz CT molecular complexity index is 531. The summed E-state index contributed by atoms with van der Waals surface area (Å²) in [6, 6.07) is 14.6. The van der Waals surface area contributed by atoms with Gasteiger partial charge in [0.05, 0.1) is 0 Å². The Morgan fingerprint density at radius 1 is 0.650 bits per heavy atom. The lowest BCUT2D eigenvalue weighted by Gasteiger charge is -2.39. The van der Waals surface area contributed by atoms with Gasteiger partial charge in [0.15, 0.2) is 0 Å². The van der Waals surface area contributed by atoms with E-state index in [0.29, 0.717) is 11.1 Å². The molecule has 0 unspecified atom stereocenters. The van der Waals surface area contributed by atoms with Crippen molar-refractivity contribution >= 4 is 31.9 Å². The fourth-order valence-electron chi connectivity index (χ4n) is 2.11. The summed E-state index contributed by atoms with van der Waals surface area (Å²) in [5, 5.41) is 21.7. The maximum atomic E-state index is 10.9. The molecule has 106 valence electrons. The second-order valence-electron chi connectivity index (χ2n) is 5.16. The van der Waals surface area contributed by atoms with E-state index < -0.39 is 11.2 Å². The van der Waals surface area contributed by atoms with E-state index in [0.717, 1.165) is 8.95 Å². The van der Waals surface area contributed by atoms with Crippen molar-refractivity contribution in [3.63, 3.8) is 0 Å². The first-order valence-electron chi connectivity index (χ1n) is 6.22. The molecular weight excluding hydrogens is 384 g/mol. The van der Waals surface area contributed by atoms with E-state index in [1.54, 1.807) is 38.1 Å². The molecule has 2 rings (SSSR count). The first kappa shape index (κ1) is 15.7. The molecule has 0 spiro atoms. The predicted molar refractivity (Wildman–Crippen MR) is 87.4 cm³/mol. The van der Waals surface area contributed by atoms with Crippen molar-refractivity contribution in [2.75, 3.05) is 0 Å². The van der Waals surface area contributed by atoms with Crippen LogP contribution in [0.25, 0.3) is 0 Å². The Labute approximate surface area is 135 Å². The molecule has 0 aliphatic heterocycles. The van der Waals surface area contributed by atoms with Gasteiger partial charge in [0.25, 0.3) is 0 Å². The van der Waals surface area contributed by atoms with Crippen LogP contribution >= 0.6 is 31.9 Å². The van der Waals surface area contributed by atoms with E-state index >= 15 is 0 Å². The van der Waals surface area contributed by atoms with E-state index in [4.69, 9.17) is 0 Å². The Balaban J connectivity index is 2.45. The Kier molecular flexibility index (Phi) is 4.40. The van der Waals surface area contributed by atoms with Gasteiger partial charge in [0.1, 0.15) is 11.2 Å². The van der Waals surface area contributed by atoms with Gasteiger partial charge in [-0.15, -0.1) is 0 Å². The quantitative estimate of drug-likeness (QED) is 0.806. The van der Waals surface area contributed by atoms with Crippen LogP contribution in [0.2, 0.25) is 0 Å². The van der Waals surface area contributed by atoms with Crippen molar-refractivity contribution in [2.24, 2.45) is 0 Å². The number of rotatable bonds is 3. The van der Waals surface area contributed by atoms with E-state index in [1.165, 1.54) is 0 Å². The number of benzene rings is 2. The van der Waals surface area contributed by atoms with E-state index in [9.17, 15) is 10.2 Å². The highest BCUT2D eigenvalue weighted by molar-refractivity contribution is 9.10. The molecule has 0 saturated carbocycles. The molecule has 2 atom stereocenters. The van der Waals surface area contributed by atoms with Crippen molar-refractivity contribution in [1.29, 1.82) is 0 Å². The van der Waals surface area contributed by atoms with Gasteiger partial charge in [-0.05, 0) is 49.2 Å². The second-order valence-corrected chi connectivity index (χ2v) is 6.99. The second kappa shape index (κ2) is 5.60. The predicted octanol–water partition coefficient (Wildman–Crippen LogP) is 4.33. The van der Waals surface area contributed by atoms with Crippen molar-refractivity contribution in [2.45, 2.75) is 25.0 Å². The summed E-state index contributed by atoms with van der Waals surface area (Å²) in [7, 11) is 0. The third kappa shape index (κ3) is 2.84. The summed E-state index contributed by atoms with van der Waals surface area (Å²) < 4.78 is 1.86. The molecule has 0 aliphatic carbocycles. The van der Waals surface area contributed by atoms with Crippen LogP contribution in [0.3, 0.4) is 0 Å². The summed E-state index contributed by atoms with van der Waals surface area (Å²) in [6.45, 7) is 3.25. The first-order valence-corrected chi connectivity index (χ1v) is 7.80. The van der Waals surface area contributed by atoms with Crippen LogP contribution in [0.1, 0.15) is 25.0 Å². The van der Waals surface area contributed by atoms with Gasteiger partial charge in [-0.2, -0.15) is 0 Å². The summed E-state index contributed by atoms with van der Waals surface area (Å²) in [6.07, 6.45) is 0. The van der Waals surface area contributed by atoms with Crippen molar-refractivity contribution in [1.82, 2.24) is 0 Å². The van der Waals surface area contributed by atoms with Crippen LogP contribution in [0, 0.1) is 0 Å². The van der Waals surface area contributed by atoms with Gasteiger partial charge >= 0.3 is 0 Å². The molecule has 0 heterocycles. The van der Waals surface area contributed by atoms with Crippen molar-refractivity contribution < 1.29 is 10.2 Å². The Morgan fingerprint density at radius 3 is 1.15 bits per heavy atom. The van der Waals surface area contributed by atoms with Crippen LogP contribution in [0.15, 0.2) is 57.5 Å². The van der Waals surface area contributed by atoms with Crippen molar-refractivity contribution in [3.8, 4) is 0 Å². The monoisotopic (exact) mass is 398 g/mol. The molecule has 4 heteroatoms. The van der Waals surface area contributed by atoms with Crippen LogP contribution < -0.4 is 0 Å². The lowest BCUT2D eigenvalue weighted by Crippen LogP contribution is -2.45. The van der Waals surface area contributed by atoms with Crippen LogP contribution in [0.5, 0.6) is 0 Å². The zero-order valence-electron chi connectivity index (χ0n) is 11.3. The molecule has 0 fully saturated rings. The standard InChI is InChI=1S/C16H16Br2O2/c1-15(19,11-3-7-13(17)8-4-11)16(2,20)12-5-9-14(18)10-6-12/h3-10,19-20H,1-2H3/t15-,16-/m0/s1. The van der Waals surface area contributed by atoms with Crippen LogP contribution in [-0.2, 0) is 11.2 Å². The average Bonchev–Trinajstić information content (AvgIpc) is 2.39. The molecule has 2 N–H and O–H groups in total. The number of halogens is 2. The van der Waals surface area contributed by atoms with E-state index in [1.807, 2.05) is 24.3 Å². The first-order chi connectivity index (χ1) is 9.25. The molecule has 2 nitrogen and oxygen atoms in total. The third-order valence-corrected chi connectivity index (χ3v) is 4.82. The minimum atomic E-state index is -1.40. The van der Waals surface area contributed by atoms with Gasteiger partial charge in [-0.1, -0.05) is 56.1 Å². The Hall–Kier alpha value is -0.680. The molecule has 0 radical (unpaired) electrons. The zero-order valence-corrected chi connectivity index (χ0v) is 14.4. The summed E-state index contributed by atoms with van der Waals surface area (Å²) >= 11 is 6.73. The maximum absolute atomic E-state index is 10.9. The topological polar surface area (TPSA) is 40.5 Å². The van der Waals surface area contributed by atoms with Gasteiger partial charge in [-0.25, -0.2) is 0 Å². The Morgan fingerprint density at radius 2 is 0.900 bits per heavy atom. The smallest absolute Gasteiger partial charge is 0.119 e. The van der Waals surface area contributed by atoms with Gasteiger partial charge in [0.2, 0.25) is 0 Å². The number of hydrogen-bond donors (Lipinski definition) is 2.